The molecule has 1 heterocycles. The second-order valence-corrected chi connectivity index (χ2v) is 7.33. The fourth-order valence-electron chi connectivity index (χ4n) is 2.56. The maximum atomic E-state index is 12.7. The van der Waals surface area contributed by atoms with Gasteiger partial charge in [-0.2, -0.15) is 0 Å². The van der Waals surface area contributed by atoms with Crippen LogP contribution in [0.25, 0.3) is 5.76 Å². The fourth-order valence-corrected chi connectivity index (χ4v) is 3.95. The molecular weight excluding hydrogens is 358 g/mol. The van der Waals surface area contributed by atoms with Crippen molar-refractivity contribution < 1.29 is 27.5 Å². The highest BCUT2D eigenvalue weighted by Gasteiger charge is 2.40. The van der Waals surface area contributed by atoms with Crippen LogP contribution < -0.4 is 0 Å². The number of ether oxygens (including phenoxy) is 2. The maximum Gasteiger partial charge on any atom is 0.359 e. The summed E-state index contributed by atoms with van der Waals surface area (Å²) in [6.07, 6.45) is 0. The van der Waals surface area contributed by atoms with Crippen molar-refractivity contribution in [2.45, 2.75) is 4.90 Å². The van der Waals surface area contributed by atoms with Crippen LogP contribution >= 0.6 is 0 Å². The van der Waals surface area contributed by atoms with Gasteiger partial charge in [0.05, 0.1) is 17.6 Å². The van der Waals surface area contributed by atoms with E-state index in [0.717, 1.165) is 11.4 Å². The number of nitrogens with zero attached hydrogens (tertiary/aromatic N) is 1. The van der Waals surface area contributed by atoms with E-state index in [0.29, 0.717) is 0 Å². The van der Waals surface area contributed by atoms with Crippen LogP contribution in [0.4, 0.5) is 0 Å². The van der Waals surface area contributed by atoms with Crippen LogP contribution in [0.3, 0.4) is 0 Å². The van der Waals surface area contributed by atoms with Crippen molar-refractivity contribution in [3.63, 3.8) is 0 Å². The van der Waals surface area contributed by atoms with Crippen LogP contribution in [0, 0.1) is 0 Å². The van der Waals surface area contributed by atoms with Crippen molar-refractivity contribution in [3.8, 4) is 0 Å². The Morgan fingerprint density at radius 3 is 2.19 bits per heavy atom. The Balaban J connectivity index is 2.20. The molecule has 0 radical (unpaired) electrons. The quantitative estimate of drug-likeness (QED) is 0.765. The first kappa shape index (κ1) is 17.7. The van der Waals surface area contributed by atoms with Gasteiger partial charge in [-0.05, 0) is 24.3 Å². The predicted molar refractivity (Wildman–Crippen MR) is 92.2 cm³/mol. The average Bonchev–Trinajstić information content (AvgIpc) is 2.66. The highest BCUT2D eigenvalue weighted by atomic mass is 32.2. The molecule has 0 spiro atoms. The zero-order chi connectivity index (χ0) is 18.9. The summed E-state index contributed by atoms with van der Waals surface area (Å²) in [6.45, 7) is 0. The Morgan fingerprint density at radius 1 is 0.923 bits per heavy atom. The van der Waals surface area contributed by atoms with Crippen LogP contribution in [-0.2, 0) is 24.3 Å². The molecule has 0 saturated carbocycles. The summed E-state index contributed by atoms with van der Waals surface area (Å²) in [5, 5.41) is 0. The Kier molecular flexibility index (Phi) is 4.52. The van der Waals surface area contributed by atoms with Gasteiger partial charge in [0.15, 0.2) is 11.5 Å². The number of carbonyl (C=O) groups excluding carboxylic acids is 2. The van der Waals surface area contributed by atoms with Gasteiger partial charge in [-0.1, -0.05) is 30.3 Å². The molecule has 0 amide bonds. The summed E-state index contributed by atoms with van der Waals surface area (Å²) in [7, 11) is -1.65. The molecule has 0 fully saturated rings. The molecule has 2 aromatic rings. The molecule has 7 nitrogen and oxygen atoms in total. The van der Waals surface area contributed by atoms with Crippen LogP contribution in [-0.4, -0.2) is 38.8 Å². The van der Waals surface area contributed by atoms with E-state index >= 15 is 0 Å². The number of benzene rings is 2. The summed E-state index contributed by atoms with van der Waals surface area (Å²) in [6, 6.07) is 14.2. The molecule has 1 aliphatic rings. The summed E-state index contributed by atoms with van der Waals surface area (Å²) < 4.78 is 36.2. The molecule has 0 aliphatic carbocycles. The van der Waals surface area contributed by atoms with Gasteiger partial charge in [-0.3, -0.25) is 4.31 Å². The third kappa shape index (κ3) is 2.84. The Hall–Kier alpha value is -3.13. The number of methoxy groups -OCH3 is 1. The van der Waals surface area contributed by atoms with Gasteiger partial charge >= 0.3 is 11.9 Å². The summed E-state index contributed by atoms with van der Waals surface area (Å²) >= 11 is 0. The third-order valence-electron chi connectivity index (χ3n) is 3.88. The van der Waals surface area contributed by atoms with Crippen molar-refractivity contribution in [2.24, 2.45) is 0 Å². The van der Waals surface area contributed by atoms with Gasteiger partial charge in [0.2, 0.25) is 0 Å². The predicted octanol–water partition coefficient (Wildman–Crippen LogP) is 2.02. The fraction of sp³-hybridized carbons (Fsp3) is 0.111. The molecule has 0 N–H and O–H groups in total. The third-order valence-corrected chi connectivity index (χ3v) is 5.70. The molecule has 0 bridgehead atoms. The van der Waals surface area contributed by atoms with E-state index in [-0.39, 0.29) is 27.5 Å². The van der Waals surface area contributed by atoms with Crippen molar-refractivity contribution in [2.75, 3.05) is 14.2 Å². The van der Waals surface area contributed by atoms with Gasteiger partial charge < -0.3 is 9.47 Å². The van der Waals surface area contributed by atoms with Crippen LogP contribution in [0.5, 0.6) is 0 Å². The zero-order valence-corrected chi connectivity index (χ0v) is 14.8. The van der Waals surface area contributed by atoms with Crippen LogP contribution in [0.15, 0.2) is 65.2 Å². The number of fused-ring (bicyclic) bond motifs is 1. The Labute approximate surface area is 150 Å². The van der Waals surface area contributed by atoms with Gasteiger partial charge in [0.25, 0.3) is 10.0 Å². The highest BCUT2D eigenvalue weighted by Crippen LogP contribution is 2.37. The number of esters is 2. The number of likely N-dealkylation sites (N-methyl/N-ethyl adjacent to an activating group) is 1. The smallest absolute Gasteiger partial charge is 0.359 e. The monoisotopic (exact) mass is 373 g/mol. The summed E-state index contributed by atoms with van der Waals surface area (Å²) in [5.74, 6) is -1.82. The molecule has 3 rings (SSSR count). The first-order valence-electron chi connectivity index (χ1n) is 7.56. The van der Waals surface area contributed by atoms with E-state index < -0.39 is 22.0 Å². The summed E-state index contributed by atoms with van der Waals surface area (Å²) in [5.41, 5.74) is 0.0172. The highest BCUT2D eigenvalue weighted by molar-refractivity contribution is 7.89. The SMILES string of the molecule is COC(=O)C1=C(OC(=O)c2ccccc2)c2ccccc2S(=O)(=O)N1C. The lowest BCUT2D eigenvalue weighted by Gasteiger charge is -2.29. The number of hydrogen-bond acceptors (Lipinski definition) is 6. The molecule has 1 aliphatic heterocycles. The molecule has 2 aromatic carbocycles. The lowest BCUT2D eigenvalue weighted by atomic mass is 10.1. The molecule has 0 saturated heterocycles. The Morgan fingerprint density at radius 2 is 1.54 bits per heavy atom. The van der Waals surface area contributed by atoms with E-state index in [1.807, 2.05) is 0 Å². The van der Waals surface area contributed by atoms with Gasteiger partial charge in [-0.25, -0.2) is 18.0 Å². The molecular formula is C18H15NO6S. The van der Waals surface area contributed by atoms with Crippen molar-refractivity contribution in [3.05, 3.63) is 71.4 Å². The minimum absolute atomic E-state index is 0.0639. The van der Waals surface area contributed by atoms with Gasteiger partial charge in [0.1, 0.15) is 0 Å². The van der Waals surface area contributed by atoms with Crippen LogP contribution in [0.1, 0.15) is 15.9 Å². The van der Waals surface area contributed by atoms with E-state index in [4.69, 9.17) is 9.47 Å². The maximum absolute atomic E-state index is 12.7. The molecule has 0 unspecified atom stereocenters. The number of rotatable bonds is 3. The first-order valence-corrected chi connectivity index (χ1v) is 9.00. The van der Waals surface area contributed by atoms with E-state index in [1.165, 1.54) is 19.2 Å². The number of sulfonamides is 1. The van der Waals surface area contributed by atoms with Gasteiger partial charge in [-0.15, -0.1) is 0 Å². The van der Waals surface area contributed by atoms with Crippen molar-refractivity contribution in [1.82, 2.24) is 4.31 Å². The van der Waals surface area contributed by atoms with Crippen molar-refractivity contribution >= 4 is 27.7 Å². The molecule has 0 atom stereocenters. The average molecular weight is 373 g/mol. The standard InChI is InChI=1S/C18H15NO6S/c1-19-15(18(21)24-2)16(25-17(20)12-8-4-3-5-9-12)13-10-6-7-11-14(13)26(19,22)23/h3-11H,1-2H3. The summed E-state index contributed by atoms with van der Waals surface area (Å²) in [4.78, 5) is 24.6. The van der Waals surface area contributed by atoms with Gasteiger partial charge in [0, 0.05) is 12.6 Å². The number of hydrogen-bond donors (Lipinski definition) is 0. The van der Waals surface area contributed by atoms with E-state index in [9.17, 15) is 18.0 Å². The minimum Gasteiger partial charge on any atom is -0.464 e. The molecule has 0 aromatic heterocycles. The largest absolute Gasteiger partial charge is 0.464 e. The first-order chi connectivity index (χ1) is 12.4. The normalized spacial score (nSPS) is 15.2. The lowest BCUT2D eigenvalue weighted by molar-refractivity contribution is -0.137. The second kappa shape index (κ2) is 6.64. The van der Waals surface area contributed by atoms with Crippen LogP contribution in [0.2, 0.25) is 0 Å². The Bertz CT molecular complexity index is 1010. The number of carbonyl (C=O) groups is 2. The minimum atomic E-state index is -3.98. The van der Waals surface area contributed by atoms with E-state index in [1.54, 1.807) is 42.5 Å². The zero-order valence-electron chi connectivity index (χ0n) is 14.0. The molecule has 8 heteroatoms. The lowest BCUT2D eigenvalue weighted by Crippen LogP contribution is -2.36. The molecule has 26 heavy (non-hydrogen) atoms. The topological polar surface area (TPSA) is 90.0 Å². The van der Waals surface area contributed by atoms with Crippen molar-refractivity contribution in [1.29, 1.82) is 0 Å². The van der Waals surface area contributed by atoms with E-state index in [2.05, 4.69) is 0 Å². The second-order valence-electron chi connectivity index (χ2n) is 5.39. The molecule has 134 valence electrons.